The molecule has 11 heteroatoms. The third kappa shape index (κ3) is 6.72. The number of ether oxygens (including phenoxy) is 2. The van der Waals surface area contributed by atoms with Gasteiger partial charge in [0.05, 0.1) is 23.3 Å². The minimum atomic E-state index is -0.546. The fourth-order valence-electron chi connectivity index (χ4n) is 7.28. The standard InChI is InChI=1S/C41H44N6O4S/c1-39(2,3)50-37(48)46-19-7-9-33(46)34-42-24-30(43-34)16-11-25-10-12-27-22-28(14-13-26(27)21-25)29-15-17-31-32(23-29)45-35(44-31)41-18-8-20-47(36(41)52-41)38(49)51-40(4,5)6/h10,12-15,17,21-24,33,36H,7-9,18-20H2,1-6H3,(H,42,43)(H,44,45)/t33-,36?,41-/m0/s1. The second-order valence-electron chi connectivity index (χ2n) is 16.0. The number of nitrogens with one attached hydrogen (secondary N) is 2. The van der Waals surface area contributed by atoms with Crippen LogP contribution in [0.5, 0.6) is 0 Å². The molecule has 52 heavy (non-hydrogen) atoms. The molecule has 3 fully saturated rings. The molecule has 0 aliphatic carbocycles. The summed E-state index contributed by atoms with van der Waals surface area (Å²) < 4.78 is 11.1. The fourth-order valence-corrected chi connectivity index (χ4v) is 8.76. The first-order chi connectivity index (χ1) is 24.7. The molecule has 268 valence electrons. The van der Waals surface area contributed by atoms with Gasteiger partial charge in [0.15, 0.2) is 0 Å². The SMILES string of the molecule is CC(C)(C)OC(=O)N1CCC[C@@]2(c3nc4ccc(-c5ccc6cc(C#Cc7cnc([C@@H]8CCCN8C(=O)OC(C)(C)C)[nH]7)ccc6c5)cc4[nH]3)SC12. The third-order valence-corrected chi connectivity index (χ3v) is 11.4. The molecule has 3 aromatic carbocycles. The summed E-state index contributed by atoms with van der Waals surface area (Å²) in [6.07, 6.45) is 4.80. The van der Waals surface area contributed by atoms with Crippen LogP contribution >= 0.6 is 11.8 Å². The van der Waals surface area contributed by atoms with Crippen LogP contribution < -0.4 is 0 Å². The van der Waals surface area contributed by atoms with Crippen LogP contribution in [0.1, 0.15) is 96.2 Å². The quantitative estimate of drug-likeness (QED) is 0.142. The Morgan fingerprint density at radius 2 is 1.54 bits per heavy atom. The molecule has 8 rings (SSSR count). The van der Waals surface area contributed by atoms with Crippen molar-refractivity contribution in [1.29, 1.82) is 0 Å². The summed E-state index contributed by atoms with van der Waals surface area (Å²) >= 11 is 1.79. The maximum absolute atomic E-state index is 12.9. The predicted molar refractivity (Wildman–Crippen MR) is 204 cm³/mol. The number of imidazole rings is 2. The number of fused-ring (bicyclic) bond motifs is 3. The van der Waals surface area contributed by atoms with Crippen LogP contribution in [0.4, 0.5) is 9.59 Å². The van der Waals surface area contributed by atoms with E-state index in [9.17, 15) is 9.59 Å². The Bertz CT molecular complexity index is 2270. The van der Waals surface area contributed by atoms with Gasteiger partial charge in [-0.05, 0) is 125 Å². The number of hydrogen-bond acceptors (Lipinski definition) is 7. The number of rotatable bonds is 3. The molecule has 0 spiro atoms. The molecule has 5 aromatic rings. The number of carbonyl (C=O) groups excluding carboxylic acids is 2. The van der Waals surface area contributed by atoms with Gasteiger partial charge in [-0.15, -0.1) is 11.8 Å². The number of benzene rings is 3. The van der Waals surface area contributed by atoms with E-state index in [0.29, 0.717) is 18.8 Å². The number of hydrogen-bond donors (Lipinski definition) is 2. The van der Waals surface area contributed by atoms with Crippen molar-refractivity contribution >= 4 is 45.8 Å². The smallest absolute Gasteiger partial charge is 0.411 e. The monoisotopic (exact) mass is 716 g/mol. The Balaban J connectivity index is 0.965. The minimum Gasteiger partial charge on any atom is -0.444 e. The lowest BCUT2D eigenvalue weighted by molar-refractivity contribution is 0.0185. The van der Waals surface area contributed by atoms with E-state index < -0.39 is 11.2 Å². The summed E-state index contributed by atoms with van der Waals surface area (Å²) in [5.41, 5.74) is 4.67. The lowest BCUT2D eigenvalue weighted by Crippen LogP contribution is -2.44. The number of nitrogens with zero attached hydrogens (tertiary/aromatic N) is 4. The number of piperidine rings is 1. The Morgan fingerprint density at radius 1 is 0.846 bits per heavy atom. The van der Waals surface area contributed by atoms with Crippen molar-refractivity contribution in [3.63, 3.8) is 0 Å². The van der Waals surface area contributed by atoms with Crippen LogP contribution in [0.15, 0.2) is 60.8 Å². The molecule has 10 nitrogen and oxygen atoms in total. The molecule has 2 amide bonds. The summed E-state index contributed by atoms with van der Waals surface area (Å²) in [5, 5.41) is 2.27. The lowest BCUT2D eigenvalue weighted by Gasteiger charge is -2.31. The van der Waals surface area contributed by atoms with Crippen molar-refractivity contribution in [1.82, 2.24) is 29.7 Å². The summed E-state index contributed by atoms with van der Waals surface area (Å²) in [5.74, 6) is 8.16. The van der Waals surface area contributed by atoms with Crippen LogP contribution in [-0.4, -0.2) is 71.6 Å². The fraction of sp³-hybridized carbons (Fsp3) is 0.415. The molecule has 0 bridgehead atoms. The van der Waals surface area contributed by atoms with Crippen molar-refractivity contribution in [2.24, 2.45) is 0 Å². The van der Waals surface area contributed by atoms with Gasteiger partial charge in [-0.3, -0.25) is 9.80 Å². The summed E-state index contributed by atoms with van der Waals surface area (Å²) in [6.45, 7) is 12.7. The molecule has 0 radical (unpaired) electrons. The second kappa shape index (κ2) is 12.6. The molecule has 5 heterocycles. The van der Waals surface area contributed by atoms with Crippen molar-refractivity contribution in [3.05, 3.63) is 83.7 Å². The lowest BCUT2D eigenvalue weighted by atomic mass is 9.97. The van der Waals surface area contributed by atoms with E-state index in [-0.39, 0.29) is 28.3 Å². The zero-order valence-corrected chi connectivity index (χ0v) is 31.3. The zero-order valence-electron chi connectivity index (χ0n) is 30.5. The summed E-state index contributed by atoms with van der Waals surface area (Å²) in [6, 6.07) is 18.9. The Kier molecular flexibility index (Phi) is 8.29. The van der Waals surface area contributed by atoms with Gasteiger partial charge in [-0.25, -0.2) is 19.6 Å². The van der Waals surface area contributed by atoms with Crippen molar-refractivity contribution in [2.45, 2.75) is 94.6 Å². The number of amides is 2. The predicted octanol–water partition coefficient (Wildman–Crippen LogP) is 8.88. The highest BCUT2D eigenvalue weighted by Gasteiger charge is 2.64. The van der Waals surface area contributed by atoms with Crippen LogP contribution in [-0.2, 0) is 14.2 Å². The van der Waals surface area contributed by atoms with Gasteiger partial charge in [-0.2, -0.15) is 0 Å². The zero-order chi connectivity index (χ0) is 36.4. The number of H-pyrrole nitrogens is 2. The number of aromatic nitrogens is 4. The molecular formula is C41H44N6O4S. The molecular weight excluding hydrogens is 673 g/mol. The van der Waals surface area contributed by atoms with Gasteiger partial charge in [-0.1, -0.05) is 30.2 Å². The second-order valence-corrected chi connectivity index (χ2v) is 17.4. The molecule has 2 aromatic heterocycles. The van der Waals surface area contributed by atoms with Crippen molar-refractivity contribution in [3.8, 4) is 23.0 Å². The molecule has 3 aliphatic rings. The number of aromatic amines is 2. The first-order valence-corrected chi connectivity index (χ1v) is 18.9. The average Bonchev–Trinajstić information content (AvgIpc) is 3.45. The van der Waals surface area contributed by atoms with E-state index >= 15 is 0 Å². The molecule has 2 N–H and O–H groups in total. The van der Waals surface area contributed by atoms with E-state index in [1.165, 1.54) is 0 Å². The van der Waals surface area contributed by atoms with Gasteiger partial charge in [0, 0.05) is 18.7 Å². The maximum Gasteiger partial charge on any atom is 0.411 e. The van der Waals surface area contributed by atoms with Crippen LogP contribution in [0.2, 0.25) is 0 Å². The van der Waals surface area contributed by atoms with Crippen LogP contribution in [0.3, 0.4) is 0 Å². The van der Waals surface area contributed by atoms with Gasteiger partial charge in [0.2, 0.25) is 0 Å². The normalized spacial score (nSPS) is 21.5. The largest absolute Gasteiger partial charge is 0.444 e. The van der Waals surface area contributed by atoms with Gasteiger partial charge in [0.1, 0.15) is 38.7 Å². The van der Waals surface area contributed by atoms with Crippen LogP contribution in [0, 0.1) is 11.8 Å². The Hall–Kier alpha value is -4.95. The summed E-state index contributed by atoms with van der Waals surface area (Å²) in [4.78, 5) is 45.8. The third-order valence-electron chi connectivity index (χ3n) is 9.71. The van der Waals surface area contributed by atoms with E-state index in [1.54, 1.807) is 22.9 Å². The summed E-state index contributed by atoms with van der Waals surface area (Å²) in [7, 11) is 0. The molecule has 3 aliphatic heterocycles. The highest BCUT2D eigenvalue weighted by Crippen LogP contribution is 2.66. The van der Waals surface area contributed by atoms with E-state index in [4.69, 9.17) is 14.5 Å². The molecule has 1 unspecified atom stereocenters. The minimum absolute atomic E-state index is 0.0388. The van der Waals surface area contributed by atoms with Gasteiger partial charge < -0.3 is 19.4 Å². The van der Waals surface area contributed by atoms with Crippen molar-refractivity contribution < 1.29 is 19.1 Å². The van der Waals surface area contributed by atoms with E-state index in [2.05, 4.69) is 75.3 Å². The van der Waals surface area contributed by atoms with Gasteiger partial charge in [0.25, 0.3) is 0 Å². The molecule has 3 saturated heterocycles. The highest BCUT2D eigenvalue weighted by molar-refractivity contribution is 8.08. The number of carbonyl (C=O) groups is 2. The Morgan fingerprint density at radius 3 is 2.33 bits per heavy atom. The Labute approximate surface area is 308 Å². The van der Waals surface area contributed by atoms with Gasteiger partial charge >= 0.3 is 12.2 Å². The topological polar surface area (TPSA) is 116 Å². The first-order valence-electron chi connectivity index (χ1n) is 18.0. The van der Waals surface area contributed by atoms with Crippen LogP contribution in [0.25, 0.3) is 32.9 Å². The average molecular weight is 717 g/mol. The first kappa shape index (κ1) is 34.2. The highest BCUT2D eigenvalue weighted by atomic mass is 32.2. The molecule has 3 atom stereocenters. The van der Waals surface area contributed by atoms with Crippen molar-refractivity contribution in [2.75, 3.05) is 13.1 Å². The number of thioether (sulfide) groups is 1. The van der Waals surface area contributed by atoms with E-state index in [0.717, 1.165) is 75.8 Å². The van der Waals surface area contributed by atoms with E-state index in [1.807, 2.05) is 52.5 Å². The molecule has 0 saturated carbocycles. The number of likely N-dealkylation sites (tertiary alicyclic amines) is 2. The maximum atomic E-state index is 12.9.